The van der Waals surface area contributed by atoms with E-state index in [-0.39, 0.29) is 40.7 Å². The summed E-state index contributed by atoms with van der Waals surface area (Å²) < 4.78 is 43.0. The number of allylic oxidation sites excluding steroid dienone is 3. The Morgan fingerprint density at radius 2 is 1.70 bits per heavy atom. The number of ketones is 1. The number of aryl methyl sites for hydroxylation is 1. The Morgan fingerprint density at radius 1 is 1.05 bits per heavy atom. The molecule has 0 fully saturated rings. The summed E-state index contributed by atoms with van der Waals surface area (Å²) in [6.45, 7) is 7.69. The fraction of sp³-hybridized carbons (Fsp3) is 0.294. The predicted octanol–water partition coefficient (Wildman–Crippen LogP) is 9.86. The smallest absolute Gasteiger partial charge is 0.384 e. The van der Waals surface area contributed by atoms with E-state index in [4.69, 9.17) is 28.9 Å². The highest BCUT2D eigenvalue weighted by Gasteiger charge is 2.47. The number of benzene rings is 3. The van der Waals surface area contributed by atoms with E-state index in [0.29, 0.717) is 22.0 Å². The van der Waals surface area contributed by atoms with Crippen LogP contribution in [0.3, 0.4) is 0 Å². The van der Waals surface area contributed by atoms with Crippen molar-refractivity contribution < 1.29 is 18.0 Å². The first kappa shape index (κ1) is 32.0. The zero-order chi connectivity index (χ0) is 32.1. The van der Waals surface area contributed by atoms with Gasteiger partial charge in [-0.25, -0.2) is 0 Å². The maximum absolute atomic E-state index is 14.3. The normalized spacial score (nSPS) is 18.4. The molecule has 0 amide bonds. The molecule has 2 aliphatic rings. The largest absolute Gasteiger partial charge is 0.418 e. The first-order valence-corrected chi connectivity index (χ1v) is 15.7. The Hall–Kier alpha value is -3.38. The monoisotopic (exact) mass is 655 g/mol. The molecule has 4 nitrogen and oxygen atoms in total. The number of halogens is 5. The molecular formula is C34H30Cl2F3N3OS. The van der Waals surface area contributed by atoms with Crippen LogP contribution in [0, 0.1) is 30.6 Å². The maximum atomic E-state index is 14.3. The van der Waals surface area contributed by atoms with E-state index in [1.54, 1.807) is 11.8 Å². The number of nitrogens with zero attached hydrogens (tertiary/aromatic N) is 2. The number of alkyl halides is 3. The predicted molar refractivity (Wildman–Crippen MR) is 170 cm³/mol. The average Bonchev–Trinajstić information content (AvgIpc) is 2.93. The second kappa shape index (κ2) is 11.8. The lowest BCUT2D eigenvalue weighted by molar-refractivity contribution is -0.137. The molecule has 5 rings (SSSR count). The molecule has 1 atom stereocenters. The molecule has 0 spiro atoms. The lowest BCUT2D eigenvalue weighted by Crippen LogP contribution is -2.42. The maximum Gasteiger partial charge on any atom is 0.418 e. The Bertz CT molecular complexity index is 1770. The third-order valence-corrected chi connectivity index (χ3v) is 9.65. The zero-order valence-electron chi connectivity index (χ0n) is 24.6. The quantitative estimate of drug-likeness (QED) is 0.277. The number of nitriles is 1. The van der Waals surface area contributed by atoms with Crippen LogP contribution in [0.25, 0.3) is 0 Å². The number of hydrogen-bond acceptors (Lipinski definition) is 5. The van der Waals surface area contributed by atoms with Crippen LogP contribution in [0.1, 0.15) is 60.4 Å². The molecule has 1 heterocycles. The van der Waals surface area contributed by atoms with Gasteiger partial charge in [-0.1, -0.05) is 54.7 Å². The van der Waals surface area contributed by atoms with E-state index in [1.165, 1.54) is 17.0 Å². The van der Waals surface area contributed by atoms with Crippen molar-refractivity contribution in [1.29, 1.82) is 5.26 Å². The minimum atomic E-state index is -4.76. The average molecular weight is 657 g/mol. The van der Waals surface area contributed by atoms with E-state index in [1.807, 2.05) is 58.0 Å². The summed E-state index contributed by atoms with van der Waals surface area (Å²) >= 11 is 13.7. The van der Waals surface area contributed by atoms with Gasteiger partial charge in [-0.15, -0.1) is 11.8 Å². The summed E-state index contributed by atoms with van der Waals surface area (Å²) in [6, 6.07) is 17.2. The van der Waals surface area contributed by atoms with Gasteiger partial charge >= 0.3 is 6.18 Å². The molecule has 1 aliphatic carbocycles. The summed E-state index contributed by atoms with van der Waals surface area (Å²) in [7, 11) is 0. The van der Waals surface area contributed by atoms with Crippen LogP contribution in [0.5, 0.6) is 0 Å². The van der Waals surface area contributed by atoms with Crippen molar-refractivity contribution in [1.82, 2.24) is 0 Å². The van der Waals surface area contributed by atoms with Crippen molar-refractivity contribution in [3.05, 3.63) is 115 Å². The van der Waals surface area contributed by atoms with Gasteiger partial charge in [0.1, 0.15) is 5.82 Å². The number of rotatable bonds is 5. The van der Waals surface area contributed by atoms with E-state index >= 15 is 0 Å². The molecule has 2 N–H and O–H groups in total. The standard InChI is InChI=1S/C34H30Cl2F3N3OS/c1-18-11-20(17-44-23-8-5-21(35)6-9-23)19(2)24(12-18)30-25(16-40)32(41)42(28-14-33(3,4)15-29(43)31(28)30)27-10-7-22(36)13-26(27)34(37,38)39/h5-13,30H,14-15,17,41H2,1-4H3. The van der Waals surface area contributed by atoms with Crippen molar-refractivity contribution in [3.63, 3.8) is 0 Å². The van der Waals surface area contributed by atoms with Crippen LogP contribution in [0.4, 0.5) is 18.9 Å². The summed E-state index contributed by atoms with van der Waals surface area (Å²) in [4.78, 5) is 16.3. The molecular weight excluding hydrogens is 626 g/mol. The molecule has 228 valence electrons. The van der Waals surface area contributed by atoms with Crippen LogP contribution < -0.4 is 10.6 Å². The van der Waals surface area contributed by atoms with E-state index in [9.17, 15) is 23.2 Å². The molecule has 3 aromatic carbocycles. The van der Waals surface area contributed by atoms with Crippen molar-refractivity contribution >= 4 is 46.4 Å². The number of Topliss-reactive ketones (excluding diaryl/α,β-unsaturated/α-hetero) is 1. The van der Waals surface area contributed by atoms with E-state index < -0.39 is 23.1 Å². The minimum absolute atomic E-state index is 0.0323. The van der Waals surface area contributed by atoms with Crippen LogP contribution in [0.2, 0.25) is 10.0 Å². The van der Waals surface area contributed by atoms with Crippen LogP contribution >= 0.6 is 35.0 Å². The molecule has 0 saturated carbocycles. The van der Waals surface area contributed by atoms with Gasteiger partial charge in [0.05, 0.1) is 28.8 Å². The number of carbonyl (C=O) groups excluding carboxylic acids is 1. The first-order valence-electron chi connectivity index (χ1n) is 13.9. The van der Waals surface area contributed by atoms with Crippen molar-refractivity contribution in [3.8, 4) is 6.07 Å². The SMILES string of the molecule is Cc1cc(CSc2ccc(Cl)cc2)c(C)c(C2C(C#N)=C(N)N(c3ccc(Cl)cc3C(F)(F)F)C3=C2C(=O)CC(C)(C)C3)c1. The molecule has 0 radical (unpaired) electrons. The minimum Gasteiger partial charge on any atom is -0.384 e. The number of hydrogen-bond donors (Lipinski definition) is 1. The molecule has 0 bridgehead atoms. The third-order valence-electron chi connectivity index (χ3n) is 8.10. The number of carbonyl (C=O) groups is 1. The fourth-order valence-corrected chi connectivity index (χ4v) is 7.38. The van der Waals surface area contributed by atoms with Crippen molar-refractivity contribution in [2.24, 2.45) is 11.1 Å². The Labute approximate surface area is 269 Å². The number of thioether (sulfide) groups is 1. The lowest BCUT2D eigenvalue weighted by atomic mass is 9.68. The fourth-order valence-electron chi connectivity index (χ4n) is 6.13. The van der Waals surface area contributed by atoms with Gasteiger partial charge in [-0.2, -0.15) is 18.4 Å². The van der Waals surface area contributed by atoms with Gasteiger partial charge in [-0.05, 0) is 84.8 Å². The van der Waals surface area contributed by atoms with E-state index in [2.05, 4.69) is 12.1 Å². The number of nitrogens with two attached hydrogens (primary N) is 1. The Kier molecular flexibility index (Phi) is 8.62. The molecule has 3 aromatic rings. The van der Waals surface area contributed by atoms with Crippen LogP contribution in [-0.2, 0) is 16.7 Å². The topological polar surface area (TPSA) is 70.1 Å². The second-order valence-electron chi connectivity index (χ2n) is 12.0. The zero-order valence-corrected chi connectivity index (χ0v) is 26.9. The molecule has 0 aromatic heterocycles. The molecule has 10 heteroatoms. The molecule has 1 unspecified atom stereocenters. The summed E-state index contributed by atoms with van der Waals surface area (Å²) in [5.74, 6) is -0.551. The number of anilines is 1. The molecule has 0 saturated heterocycles. The Morgan fingerprint density at radius 3 is 2.34 bits per heavy atom. The second-order valence-corrected chi connectivity index (χ2v) is 13.9. The van der Waals surface area contributed by atoms with Crippen LogP contribution in [-0.4, -0.2) is 5.78 Å². The van der Waals surface area contributed by atoms with Gasteiger partial charge < -0.3 is 5.73 Å². The highest BCUT2D eigenvalue weighted by atomic mass is 35.5. The summed E-state index contributed by atoms with van der Waals surface area (Å²) in [6.07, 6.45) is -4.29. The third kappa shape index (κ3) is 6.10. The van der Waals surface area contributed by atoms with Gasteiger partial charge in [-0.3, -0.25) is 9.69 Å². The van der Waals surface area contributed by atoms with E-state index in [0.717, 1.165) is 33.2 Å². The van der Waals surface area contributed by atoms with Gasteiger partial charge in [0.2, 0.25) is 0 Å². The highest BCUT2D eigenvalue weighted by Crippen LogP contribution is 2.52. The van der Waals surface area contributed by atoms with Crippen molar-refractivity contribution in [2.75, 3.05) is 4.90 Å². The van der Waals surface area contributed by atoms with Gasteiger partial charge in [0, 0.05) is 38.4 Å². The Balaban J connectivity index is 1.71. The lowest BCUT2D eigenvalue weighted by Gasteiger charge is -2.44. The van der Waals surface area contributed by atoms with Gasteiger partial charge in [0.25, 0.3) is 0 Å². The molecule has 1 aliphatic heterocycles. The van der Waals surface area contributed by atoms with Gasteiger partial charge in [0.15, 0.2) is 5.78 Å². The highest BCUT2D eigenvalue weighted by molar-refractivity contribution is 7.98. The summed E-state index contributed by atoms with van der Waals surface area (Å²) in [5, 5.41) is 11.1. The van der Waals surface area contributed by atoms with Crippen LogP contribution in [0.15, 0.2) is 82.2 Å². The summed E-state index contributed by atoms with van der Waals surface area (Å²) in [5.41, 5.74) is 9.15. The van der Waals surface area contributed by atoms with Crippen molar-refractivity contribution in [2.45, 2.75) is 63.3 Å². The first-order chi connectivity index (χ1) is 20.6. The molecule has 44 heavy (non-hydrogen) atoms.